The Morgan fingerprint density at radius 1 is 1.35 bits per heavy atom. The Morgan fingerprint density at radius 2 is 2.15 bits per heavy atom. The monoisotopic (exact) mass is 290 g/mol. The van der Waals surface area contributed by atoms with Crippen LogP contribution in [0.2, 0.25) is 5.15 Å². The number of carbonyl (C=O) groups excluding carboxylic acids is 1. The number of carbonyl (C=O) groups is 1. The zero-order valence-corrected chi connectivity index (χ0v) is 12.1. The molecule has 2 rings (SSSR count). The second kappa shape index (κ2) is 6.43. The molecule has 2 heterocycles. The summed E-state index contributed by atoms with van der Waals surface area (Å²) in [6.07, 6.45) is 2.04. The quantitative estimate of drug-likeness (QED) is 0.626. The van der Waals surface area contributed by atoms with Gasteiger partial charge in [0.25, 0.3) is 0 Å². The minimum atomic E-state index is 0.167. The maximum Gasteiger partial charge on any atom is 0.156 e. The van der Waals surface area contributed by atoms with Crippen LogP contribution in [0, 0.1) is 6.92 Å². The van der Waals surface area contributed by atoms with Gasteiger partial charge < -0.3 is 4.90 Å². The van der Waals surface area contributed by atoms with Gasteiger partial charge in [0, 0.05) is 12.2 Å². The summed E-state index contributed by atoms with van der Waals surface area (Å²) in [5, 5.41) is 0.167. The molecule has 0 bridgehead atoms. The van der Waals surface area contributed by atoms with Crippen molar-refractivity contribution < 1.29 is 4.79 Å². The summed E-state index contributed by atoms with van der Waals surface area (Å²) in [7, 11) is 0. The van der Waals surface area contributed by atoms with Gasteiger partial charge in [-0.3, -0.25) is 9.78 Å². The number of anilines is 1. The van der Waals surface area contributed by atoms with Gasteiger partial charge in [-0.15, -0.1) is 0 Å². The molecule has 0 saturated carbocycles. The van der Waals surface area contributed by atoms with Crippen LogP contribution < -0.4 is 4.90 Å². The topological polar surface area (TPSA) is 59.0 Å². The third-order valence-electron chi connectivity index (χ3n) is 2.91. The molecule has 0 saturated heterocycles. The maximum atomic E-state index is 11.2. The van der Waals surface area contributed by atoms with Gasteiger partial charge in [0.15, 0.2) is 6.29 Å². The minimum Gasteiger partial charge on any atom is -0.350 e. The van der Waals surface area contributed by atoms with E-state index < -0.39 is 0 Å². The first-order chi connectivity index (χ1) is 9.65. The minimum absolute atomic E-state index is 0.167. The van der Waals surface area contributed by atoms with Crippen LogP contribution in [0.1, 0.15) is 28.7 Å². The first-order valence-electron chi connectivity index (χ1n) is 6.28. The van der Waals surface area contributed by atoms with Crippen LogP contribution in [0.25, 0.3) is 0 Å². The highest BCUT2D eigenvalue weighted by Crippen LogP contribution is 2.22. The zero-order valence-electron chi connectivity index (χ0n) is 11.4. The van der Waals surface area contributed by atoms with Gasteiger partial charge in [-0.25, -0.2) is 9.97 Å². The summed E-state index contributed by atoms with van der Waals surface area (Å²) < 4.78 is 0. The Bertz CT molecular complexity index is 618. The Balaban J connectivity index is 2.33. The fourth-order valence-electron chi connectivity index (χ4n) is 1.94. The molecule has 0 radical (unpaired) electrons. The van der Waals surface area contributed by atoms with Crippen LogP contribution in [0.5, 0.6) is 0 Å². The number of aryl methyl sites for hydroxylation is 1. The number of hydrogen-bond acceptors (Lipinski definition) is 5. The molecule has 0 spiro atoms. The maximum absolute atomic E-state index is 11.2. The Kier molecular flexibility index (Phi) is 4.63. The lowest BCUT2D eigenvalue weighted by Crippen LogP contribution is -2.25. The molecular weight excluding hydrogens is 276 g/mol. The van der Waals surface area contributed by atoms with Gasteiger partial charge >= 0.3 is 0 Å². The van der Waals surface area contributed by atoms with Gasteiger partial charge in [0.1, 0.15) is 17.3 Å². The highest BCUT2D eigenvalue weighted by Gasteiger charge is 2.15. The first-order valence-corrected chi connectivity index (χ1v) is 6.66. The van der Waals surface area contributed by atoms with Crippen molar-refractivity contribution in [2.75, 3.05) is 11.4 Å². The van der Waals surface area contributed by atoms with E-state index in [1.54, 1.807) is 0 Å². The van der Waals surface area contributed by atoms with Gasteiger partial charge in [0.2, 0.25) is 0 Å². The van der Waals surface area contributed by atoms with Crippen LogP contribution in [0.15, 0.2) is 24.5 Å². The van der Waals surface area contributed by atoms with E-state index >= 15 is 0 Å². The van der Waals surface area contributed by atoms with E-state index in [1.807, 2.05) is 36.9 Å². The van der Waals surface area contributed by atoms with Crippen molar-refractivity contribution in [3.05, 3.63) is 46.6 Å². The average Bonchev–Trinajstić information content (AvgIpc) is 2.44. The molecule has 0 atom stereocenters. The summed E-state index contributed by atoms with van der Waals surface area (Å²) in [5.74, 6) is 0.533. The molecule has 0 unspecified atom stereocenters. The lowest BCUT2D eigenvalue weighted by atomic mass is 10.2. The van der Waals surface area contributed by atoms with E-state index in [1.165, 1.54) is 6.33 Å². The molecular formula is C14H15ClN4O. The molecule has 5 nitrogen and oxygen atoms in total. The Morgan fingerprint density at radius 3 is 2.80 bits per heavy atom. The number of halogens is 1. The van der Waals surface area contributed by atoms with Crippen LogP contribution >= 0.6 is 11.6 Å². The molecule has 2 aromatic heterocycles. The highest BCUT2D eigenvalue weighted by atomic mass is 35.5. The standard InChI is InChI=1S/C14H15ClN4O/c1-3-19(7-11-6-4-5-10(2)18-11)14-12(8-20)13(15)16-9-17-14/h4-6,8-9H,3,7H2,1-2H3. The van der Waals surface area contributed by atoms with Crippen LogP contribution in [-0.2, 0) is 6.54 Å². The summed E-state index contributed by atoms with van der Waals surface area (Å²) in [4.78, 5) is 25.6. The lowest BCUT2D eigenvalue weighted by Gasteiger charge is -2.22. The number of aldehydes is 1. The molecule has 2 aromatic rings. The van der Waals surface area contributed by atoms with E-state index in [0.717, 1.165) is 11.4 Å². The summed E-state index contributed by atoms with van der Waals surface area (Å²) in [6.45, 7) is 5.18. The summed E-state index contributed by atoms with van der Waals surface area (Å²) >= 11 is 5.93. The molecule has 0 aliphatic carbocycles. The normalized spacial score (nSPS) is 10.3. The first kappa shape index (κ1) is 14.4. The van der Waals surface area contributed by atoms with Crippen molar-refractivity contribution in [3.63, 3.8) is 0 Å². The van der Waals surface area contributed by atoms with Crippen LogP contribution in [-0.4, -0.2) is 27.8 Å². The number of rotatable bonds is 5. The van der Waals surface area contributed by atoms with Crippen molar-refractivity contribution >= 4 is 23.7 Å². The largest absolute Gasteiger partial charge is 0.350 e. The SMILES string of the molecule is CCN(Cc1cccc(C)n1)c1ncnc(Cl)c1C=O. The van der Waals surface area contributed by atoms with E-state index in [9.17, 15) is 4.79 Å². The van der Waals surface area contributed by atoms with Crippen molar-refractivity contribution in [1.29, 1.82) is 0 Å². The second-order valence-corrected chi connectivity index (χ2v) is 4.66. The van der Waals surface area contributed by atoms with E-state index in [0.29, 0.717) is 30.8 Å². The van der Waals surface area contributed by atoms with Gasteiger partial charge in [-0.05, 0) is 26.0 Å². The van der Waals surface area contributed by atoms with Crippen LogP contribution in [0.4, 0.5) is 5.82 Å². The fourth-order valence-corrected chi connectivity index (χ4v) is 2.11. The average molecular weight is 291 g/mol. The van der Waals surface area contributed by atoms with Gasteiger partial charge in [0.05, 0.1) is 17.8 Å². The number of nitrogens with zero attached hydrogens (tertiary/aromatic N) is 4. The Labute approximate surface area is 122 Å². The molecule has 0 amide bonds. The van der Waals surface area contributed by atoms with E-state index in [2.05, 4.69) is 15.0 Å². The predicted octanol–water partition coefficient (Wildman–Crippen LogP) is 2.67. The zero-order chi connectivity index (χ0) is 14.5. The lowest BCUT2D eigenvalue weighted by molar-refractivity contribution is 0.112. The van der Waals surface area contributed by atoms with Gasteiger partial charge in [-0.2, -0.15) is 0 Å². The third kappa shape index (κ3) is 3.11. The molecule has 0 aliphatic heterocycles. The molecule has 0 aliphatic rings. The van der Waals surface area contributed by atoms with Crippen molar-refractivity contribution in [2.24, 2.45) is 0 Å². The fraction of sp³-hybridized carbons (Fsp3) is 0.286. The highest BCUT2D eigenvalue weighted by molar-refractivity contribution is 6.32. The van der Waals surface area contributed by atoms with E-state index in [-0.39, 0.29) is 5.15 Å². The number of aromatic nitrogens is 3. The van der Waals surface area contributed by atoms with Crippen LogP contribution in [0.3, 0.4) is 0 Å². The smallest absolute Gasteiger partial charge is 0.156 e. The summed E-state index contributed by atoms with van der Waals surface area (Å²) in [5.41, 5.74) is 2.18. The second-order valence-electron chi connectivity index (χ2n) is 4.30. The van der Waals surface area contributed by atoms with Gasteiger partial charge in [-0.1, -0.05) is 17.7 Å². The third-order valence-corrected chi connectivity index (χ3v) is 3.21. The predicted molar refractivity (Wildman–Crippen MR) is 78.1 cm³/mol. The number of pyridine rings is 1. The molecule has 0 N–H and O–H groups in total. The summed E-state index contributed by atoms with van der Waals surface area (Å²) in [6, 6.07) is 5.84. The Hall–Kier alpha value is -2.01. The van der Waals surface area contributed by atoms with E-state index in [4.69, 9.17) is 11.6 Å². The molecule has 20 heavy (non-hydrogen) atoms. The number of hydrogen-bond donors (Lipinski definition) is 0. The molecule has 104 valence electrons. The van der Waals surface area contributed by atoms with Crippen molar-refractivity contribution in [2.45, 2.75) is 20.4 Å². The molecule has 6 heteroatoms. The van der Waals surface area contributed by atoms with Crippen molar-refractivity contribution in [1.82, 2.24) is 15.0 Å². The van der Waals surface area contributed by atoms with Crippen molar-refractivity contribution in [3.8, 4) is 0 Å². The molecule has 0 aromatic carbocycles. The molecule has 0 fully saturated rings.